The van der Waals surface area contributed by atoms with E-state index < -0.39 is 83.9 Å². The van der Waals surface area contributed by atoms with Crippen molar-refractivity contribution in [2.45, 2.75) is 180 Å². The Morgan fingerprint density at radius 3 is 2.25 bits per heavy atom. The van der Waals surface area contributed by atoms with Crippen molar-refractivity contribution in [2.24, 2.45) is 35.5 Å². The number of cyclic esters (lactones) is 1. The Labute approximate surface area is 387 Å². The number of hydrogen-bond donors (Lipinski definition) is 3. The number of carbonyl (C=O) groups is 5. The van der Waals surface area contributed by atoms with Gasteiger partial charge in [-0.1, -0.05) is 71.1 Å². The highest BCUT2D eigenvalue weighted by Gasteiger charge is 2.53. The van der Waals surface area contributed by atoms with Crippen molar-refractivity contribution in [1.29, 1.82) is 0 Å². The Kier molecular flexibility index (Phi) is 21.0. The number of methoxy groups -OCH3 is 3. The molecule has 3 aliphatic heterocycles. The van der Waals surface area contributed by atoms with Crippen LogP contribution in [0.25, 0.3) is 0 Å². The number of esters is 1. The van der Waals surface area contributed by atoms with E-state index in [1.165, 1.54) is 12.0 Å². The largest absolute Gasteiger partial charge is 0.460 e. The smallest absolute Gasteiger partial charge is 0.329 e. The van der Waals surface area contributed by atoms with Crippen LogP contribution in [-0.4, -0.2) is 132 Å². The van der Waals surface area contributed by atoms with Crippen LogP contribution in [0.5, 0.6) is 0 Å². The zero-order chi connectivity index (χ0) is 48.2. The first-order valence-electron chi connectivity index (χ1n) is 23.9. The minimum Gasteiger partial charge on any atom is -0.460 e. The molecular weight excluding hydrogens is 835 g/mol. The van der Waals surface area contributed by atoms with Crippen LogP contribution >= 0.6 is 0 Å². The van der Waals surface area contributed by atoms with Crippen molar-refractivity contribution >= 4 is 29.2 Å². The summed E-state index contributed by atoms with van der Waals surface area (Å²) in [4.78, 5) is 71.8. The number of fused-ring (bicyclic) bond motifs is 3. The zero-order valence-electron chi connectivity index (χ0n) is 40.6. The third kappa shape index (κ3) is 14.3. The summed E-state index contributed by atoms with van der Waals surface area (Å²) in [6, 6.07) is -1.14. The van der Waals surface area contributed by atoms with Crippen LogP contribution in [0.4, 0.5) is 0 Å². The molecule has 1 saturated carbocycles. The highest BCUT2D eigenvalue weighted by Crippen LogP contribution is 2.38. The summed E-state index contributed by atoms with van der Waals surface area (Å²) in [5.41, 5.74) is 1.27. The first kappa shape index (κ1) is 54.2. The summed E-state index contributed by atoms with van der Waals surface area (Å²) in [5, 5.41) is 33.8. The van der Waals surface area contributed by atoms with Crippen LogP contribution in [0.1, 0.15) is 126 Å². The van der Waals surface area contributed by atoms with Gasteiger partial charge >= 0.3 is 5.97 Å². The fourth-order valence-electron chi connectivity index (χ4n) is 10.1. The Morgan fingerprint density at radius 2 is 1.57 bits per heavy atom. The molecule has 65 heavy (non-hydrogen) atoms. The van der Waals surface area contributed by atoms with Gasteiger partial charge < -0.3 is 43.9 Å². The quantitative estimate of drug-likeness (QED) is 0.156. The number of nitrogens with zero attached hydrogens (tertiary/aromatic N) is 1. The predicted molar refractivity (Wildman–Crippen MR) is 245 cm³/mol. The molecule has 14 nitrogen and oxygen atoms in total. The molecular formula is C51H79NO13. The highest BCUT2D eigenvalue weighted by molar-refractivity contribution is 6.39. The predicted octanol–water partition coefficient (Wildman–Crippen LogP) is 6.18. The Bertz CT molecular complexity index is 1760. The first-order chi connectivity index (χ1) is 30.7. The third-order valence-electron chi connectivity index (χ3n) is 14.5. The number of Topliss-reactive ketones (excluding diaryl/α,β-unsaturated/α-hetero) is 3. The van der Waals surface area contributed by atoms with Gasteiger partial charge in [0.25, 0.3) is 11.7 Å². The fourth-order valence-corrected chi connectivity index (χ4v) is 10.1. The molecule has 3 heterocycles. The first-order valence-corrected chi connectivity index (χ1v) is 23.9. The minimum absolute atomic E-state index is 0.0193. The van der Waals surface area contributed by atoms with Gasteiger partial charge in [-0.25, -0.2) is 4.79 Å². The van der Waals surface area contributed by atoms with E-state index in [4.69, 9.17) is 23.7 Å². The molecule has 2 bridgehead atoms. The number of rotatable bonds is 6. The number of ketones is 3. The van der Waals surface area contributed by atoms with Gasteiger partial charge in [-0.3, -0.25) is 19.2 Å². The molecule has 2 saturated heterocycles. The zero-order valence-corrected chi connectivity index (χ0v) is 40.6. The molecule has 1 amide bonds. The lowest BCUT2D eigenvalue weighted by molar-refractivity contribution is -0.265. The van der Waals surface area contributed by atoms with Gasteiger partial charge in [-0.2, -0.15) is 0 Å². The van der Waals surface area contributed by atoms with Crippen molar-refractivity contribution < 1.29 is 63.0 Å². The molecule has 0 aromatic carbocycles. The number of aliphatic hydroxyl groups is 3. The van der Waals surface area contributed by atoms with Crippen molar-refractivity contribution in [3.8, 4) is 0 Å². The maximum absolute atomic E-state index is 14.4. The van der Waals surface area contributed by atoms with Crippen LogP contribution in [0.3, 0.4) is 0 Å². The number of aliphatic hydroxyl groups excluding tert-OH is 2. The molecule has 4 aliphatic rings. The van der Waals surface area contributed by atoms with E-state index in [1.54, 1.807) is 41.1 Å². The van der Waals surface area contributed by atoms with E-state index in [9.17, 15) is 39.3 Å². The van der Waals surface area contributed by atoms with Crippen LogP contribution in [0.15, 0.2) is 47.6 Å². The molecule has 0 aromatic rings. The molecule has 0 spiro atoms. The summed E-state index contributed by atoms with van der Waals surface area (Å²) >= 11 is 0. The van der Waals surface area contributed by atoms with Gasteiger partial charge in [0.2, 0.25) is 5.79 Å². The van der Waals surface area contributed by atoms with Gasteiger partial charge in [0.1, 0.15) is 30.1 Å². The van der Waals surface area contributed by atoms with Gasteiger partial charge in [-0.05, 0) is 107 Å². The second-order valence-corrected chi connectivity index (χ2v) is 19.6. The monoisotopic (exact) mass is 914 g/mol. The van der Waals surface area contributed by atoms with Gasteiger partial charge in [0.15, 0.2) is 5.78 Å². The van der Waals surface area contributed by atoms with Gasteiger partial charge in [0, 0.05) is 58.5 Å². The van der Waals surface area contributed by atoms with Crippen molar-refractivity contribution in [2.75, 3.05) is 27.9 Å². The summed E-state index contributed by atoms with van der Waals surface area (Å²) in [5.74, 6) is -7.96. The average Bonchev–Trinajstić information content (AvgIpc) is 3.28. The van der Waals surface area contributed by atoms with E-state index in [2.05, 4.69) is 0 Å². The molecule has 3 fully saturated rings. The fraction of sp³-hybridized carbons (Fsp3) is 0.745. The SMILES string of the molecule is CO[C@@H]1C[C@@H]2CC[C@H](C)[C@@](O)(O2)C(=O)C(=O)N2CCCC[C@@H]2C(=O)O[C@@H]([C@H](C)C[C@@H]2CC[C@@H](O)[C@H](OC)C2)CC(=O)[C@@H](C)/C=C(\C)[C@@H](O)[C@@H](OC)C(=O)[C@H](C)C[C@H](C)/C=C/C=C/C=C/1C. The van der Waals surface area contributed by atoms with E-state index >= 15 is 0 Å². The van der Waals surface area contributed by atoms with Crippen LogP contribution in [0.2, 0.25) is 0 Å². The van der Waals surface area contributed by atoms with E-state index in [-0.39, 0.29) is 54.8 Å². The molecule has 0 aromatic heterocycles. The molecule has 366 valence electrons. The summed E-state index contributed by atoms with van der Waals surface area (Å²) < 4.78 is 29.4. The molecule has 3 N–H and O–H groups in total. The number of hydrogen-bond acceptors (Lipinski definition) is 13. The van der Waals surface area contributed by atoms with E-state index in [0.717, 1.165) is 12.0 Å². The van der Waals surface area contributed by atoms with Crippen LogP contribution < -0.4 is 0 Å². The second-order valence-electron chi connectivity index (χ2n) is 19.6. The minimum atomic E-state index is -2.43. The van der Waals surface area contributed by atoms with E-state index in [1.807, 2.05) is 58.1 Å². The van der Waals surface area contributed by atoms with Gasteiger partial charge in [0.05, 0.1) is 24.4 Å². The van der Waals surface area contributed by atoms with Crippen LogP contribution in [-0.2, 0) is 47.7 Å². The second kappa shape index (κ2) is 25.1. The van der Waals surface area contributed by atoms with Crippen LogP contribution in [0, 0.1) is 35.5 Å². The average molecular weight is 914 g/mol. The summed E-state index contributed by atoms with van der Waals surface area (Å²) in [6.45, 7) is 12.7. The Balaban J connectivity index is 1.70. The number of ether oxygens (including phenoxy) is 5. The van der Waals surface area contributed by atoms with Crippen molar-refractivity contribution in [3.05, 3.63) is 47.6 Å². The number of amides is 1. The lowest BCUT2D eigenvalue weighted by atomic mass is 9.78. The Hall–Kier alpha value is -3.37. The maximum Gasteiger partial charge on any atom is 0.329 e. The number of allylic oxidation sites excluding steroid dienone is 6. The standard InChI is InChI=1S/C51H79NO13/c1-30-16-12-11-13-17-31(2)42(61-8)28-38-21-19-36(7)51(60,65-38)48(57)49(58)52-23-15-14-18-39(52)50(59)64-43(33(4)26-37-20-22-40(53)44(27-37)62-9)29-41(54)32(3)25-35(6)46(56)47(63-10)45(55)34(5)24-30/h11-13,16-17,25,30,32-34,36-40,42-44,46-47,53,56,60H,14-15,18-24,26-29H2,1-10H3/b13-11+,16-12+,31-17+,35-25+/t30-,32+,33-,34-,36+,37+,38+,39-,40-,42-,43-,44-,46-,47+,51-/m1/s1. The topological polar surface area (TPSA) is 195 Å². The highest BCUT2D eigenvalue weighted by atomic mass is 16.6. The van der Waals surface area contributed by atoms with E-state index in [0.29, 0.717) is 63.4 Å². The Morgan fingerprint density at radius 1 is 0.846 bits per heavy atom. The van der Waals surface area contributed by atoms with Gasteiger partial charge in [-0.15, -0.1) is 0 Å². The summed E-state index contributed by atoms with van der Waals surface area (Å²) in [6.07, 6.45) is 11.2. The molecule has 15 atom stereocenters. The molecule has 0 unspecified atom stereocenters. The molecule has 4 rings (SSSR count). The van der Waals surface area contributed by atoms with Crippen molar-refractivity contribution in [3.63, 3.8) is 0 Å². The molecule has 14 heteroatoms. The third-order valence-corrected chi connectivity index (χ3v) is 14.5. The summed E-state index contributed by atoms with van der Waals surface area (Å²) in [7, 11) is 4.52. The lowest BCUT2D eigenvalue weighted by Gasteiger charge is -2.42. The normalized spacial score (nSPS) is 40.4. The number of piperidine rings is 1. The maximum atomic E-state index is 14.4. The molecule has 1 aliphatic carbocycles. The molecule has 0 radical (unpaired) electrons. The lowest BCUT2D eigenvalue weighted by Crippen LogP contribution is -2.61. The van der Waals surface area contributed by atoms with Crippen molar-refractivity contribution in [1.82, 2.24) is 4.90 Å². The number of carbonyl (C=O) groups excluding carboxylic acids is 5.